The summed E-state index contributed by atoms with van der Waals surface area (Å²) in [5.41, 5.74) is 0.614. The minimum absolute atomic E-state index is 0.0735. The Morgan fingerprint density at radius 3 is 2.68 bits per heavy atom. The molecule has 0 unspecified atom stereocenters. The lowest BCUT2D eigenvalue weighted by molar-refractivity contribution is 0.102. The first kappa shape index (κ1) is 20.1. The Morgan fingerprint density at radius 2 is 1.96 bits per heavy atom. The van der Waals surface area contributed by atoms with Gasteiger partial charge in [0.25, 0.3) is 5.91 Å². The number of carbonyl (C=O) groups is 1. The zero-order valence-electron chi connectivity index (χ0n) is 14.7. The number of nitrogens with one attached hydrogen (secondary N) is 2. The van der Waals surface area contributed by atoms with Crippen molar-refractivity contribution in [1.29, 1.82) is 0 Å². The monoisotopic (exact) mass is 422 g/mol. The maximum atomic E-state index is 14.2. The number of amides is 1. The molecule has 3 rings (SSSR count). The number of sulfonamides is 1. The summed E-state index contributed by atoms with van der Waals surface area (Å²) in [7, 11) is -3.97. The predicted molar refractivity (Wildman–Crippen MR) is 103 cm³/mol. The molecule has 1 heterocycles. The van der Waals surface area contributed by atoms with Gasteiger partial charge in [-0.2, -0.15) is 0 Å². The topological polar surface area (TPSA) is 88.4 Å². The second-order valence-electron chi connectivity index (χ2n) is 5.91. The van der Waals surface area contributed by atoms with E-state index in [0.717, 1.165) is 18.2 Å². The summed E-state index contributed by atoms with van der Waals surface area (Å²) in [4.78, 5) is 12.3. The minimum atomic E-state index is -3.97. The number of anilines is 1. The largest absolute Gasteiger partial charge is 0.468 e. The van der Waals surface area contributed by atoms with E-state index in [1.54, 1.807) is 37.3 Å². The van der Waals surface area contributed by atoms with Gasteiger partial charge in [0.15, 0.2) is 0 Å². The van der Waals surface area contributed by atoms with Crippen LogP contribution in [-0.4, -0.2) is 14.3 Å². The minimum Gasteiger partial charge on any atom is -0.468 e. The van der Waals surface area contributed by atoms with Crippen molar-refractivity contribution in [2.75, 3.05) is 5.32 Å². The van der Waals surface area contributed by atoms with Crippen LogP contribution in [0.3, 0.4) is 0 Å². The maximum Gasteiger partial charge on any atom is 0.258 e. The third-order valence-electron chi connectivity index (χ3n) is 4.03. The highest BCUT2D eigenvalue weighted by molar-refractivity contribution is 7.89. The third kappa shape index (κ3) is 4.41. The van der Waals surface area contributed by atoms with E-state index in [1.165, 1.54) is 6.26 Å². The number of carbonyl (C=O) groups excluding carboxylic acids is 1. The second kappa shape index (κ2) is 8.14. The molecule has 0 radical (unpaired) electrons. The summed E-state index contributed by atoms with van der Waals surface area (Å²) in [6.45, 7) is 1.63. The lowest BCUT2D eigenvalue weighted by Gasteiger charge is -2.11. The van der Waals surface area contributed by atoms with Crippen molar-refractivity contribution in [2.45, 2.75) is 18.4 Å². The van der Waals surface area contributed by atoms with Gasteiger partial charge in [-0.15, -0.1) is 0 Å². The fourth-order valence-corrected chi connectivity index (χ4v) is 3.63. The molecule has 3 aromatic rings. The summed E-state index contributed by atoms with van der Waals surface area (Å²) in [5.74, 6) is -1.21. The molecule has 28 heavy (non-hydrogen) atoms. The van der Waals surface area contributed by atoms with Crippen LogP contribution < -0.4 is 10.0 Å². The van der Waals surface area contributed by atoms with E-state index in [2.05, 4.69) is 10.0 Å². The summed E-state index contributed by atoms with van der Waals surface area (Å²) >= 11 is 6.02. The highest BCUT2D eigenvalue weighted by Crippen LogP contribution is 2.24. The highest BCUT2D eigenvalue weighted by atomic mass is 35.5. The lowest BCUT2D eigenvalue weighted by Crippen LogP contribution is -2.24. The average molecular weight is 423 g/mol. The van der Waals surface area contributed by atoms with E-state index >= 15 is 0 Å². The van der Waals surface area contributed by atoms with Crippen molar-refractivity contribution < 1.29 is 22.0 Å². The van der Waals surface area contributed by atoms with Crippen LogP contribution in [0.2, 0.25) is 5.02 Å². The van der Waals surface area contributed by atoms with Gasteiger partial charge in [-0.3, -0.25) is 4.79 Å². The van der Waals surface area contributed by atoms with Gasteiger partial charge in [-0.05, 0) is 55.0 Å². The number of rotatable bonds is 6. The Hall–Kier alpha value is -2.68. The Kier molecular flexibility index (Phi) is 5.83. The molecule has 1 amide bonds. The standard InChI is InChI=1S/C19H16ClFN2O4S/c1-12-16(20)5-2-6-18(12)23-19(24)15-10-14(7-8-17(15)21)28(25,26)22-11-13-4-3-9-27-13/h2-10,22H,11H2,1H3,(H,23,24). The van der Waals surface area contributed by atoms with Gasteiger partial charge in [-0.25, -0.2) is 17.5 Å². The molecule has 2 N–H and O–H groups in total. The molecular formula is C19H16ClFN2O4S. The quantitative estimate of drug-likeness (QED) is 0.625. The normalized spacial score (nSPS) is 11.4. The van der Waals surface area contributed by atoms with Crippen LogP contribution in [-0.2, 0) is 16.6 Å². The van der Waals surface area contributed by atoms with Crippen molar-refractivity contribution in [3.63, 3.8) is 0 Å². The van der Waals surface area contributed by atoms with Crippen molar-refractivity contribution in [3.05, 3.63) is 82.5 Å². The lowest BCUT2D eigenvalue weighted by atomic mass is 10.1. The smallest absolute Gasteiger partial charge is 0.258 e. The highest BCUT2D eigenvalue weighted by Gasteiger charge is 2.20. The molecule has 0 aliphatic heterocycles. The van der Waals surface area contributed by atoms with E-state index in [1.807, 2.05) is 0 Å². The Bertz CT molecular complexity index is 1110. The molecule has 0 saturated carbocycles. The molecule has 146 valence electrons. The van der Waals surface area contributed by atoms with Crippen molar-refractivity contribution >= 4 is 33.2 Å². The van der Waals surface area contributed by atoms with Crippen LogP contribution in [0.4, 0.5) is 10.1 Å². The van der Waals surface area contributed by atoms with Gasteiger partial charge >= 0.3 is 0 Å². The zero-order valence-corrected chi connectivity index (χ0v) is 16.3. The third-order valence-corrected chi connectivity index (χ3v) is 5.83. The van der Waals surface area contributed by atoms with Gasteiger partial charge in [0.1, 0.15) is 11.6 Å². The number of halogens is 2. The average Bonchev–Trinajstić information content (AvgIpc) is 3.18. The Morgan fingerprint density at radius 1 is 1.18 bits per heavy atom. The van der Waals surface area contributed by atoms with Crippen LogP contribution in [0.5, 0.6) is 0 Å². The van der Waals surface area contributed by atoms with E-state index in [0.29, 0.717) is 22.0 Å². The van der Waals surface area contributed by atoms with Gasteiger partial charge in [-0.1, -0.05) is 17.7 Å². The van der Waals surface area contributed by atoms with Gasteiger partial charge in [0, 0.05) is 10.7 Å². The maximum absolute atomic E-state index is 14.2. The van der Waals surface area contributed by atoms with Gasteiger partial charge in [0.2, 0.25) is 10.0 Å². The van der Waals surface area contributed by atoms with Crippen LogP contribution in [0.15, 0.2) is 64.1 Å². The zero-order chi connectivity index (χ0) is 20.3. The second-order valence-corrected chi connectivity index (χ2v) is 8.09. The first-order valence-corrected chi connectivity index (χ1v) is 10.0. The molecule has 0 aliphatic carbocycles. The van der Waals surface area contributed by atoms with E-state index < -0.39 is 27.3 Å². The summed E-state index contributed by atoms with van der Waals surface area (Å²) < 4.78 is 46.5. The molecule has 0 atom stereocenters. The summed E-state index contributed by atoms with van der Waals surface area (Å²) in [6, 6.07) is 11.1. The van der Waals surface area contributed by atoms with Crippen molar-refractivity contribution in [2.24, 2.45) is 0 Å². The van der Waals surface area contributed by atoms with Gasteiger partial charge in [0.05, 0.1) is 23.3 Å². The van der Waals surface area contributed by atoms with Crippen LogP contribution in [0.1, 0.15) is 21.7 Å². The molecule has 0 fully saturated rings. The Balaban J connectivity index is 1.84. The fourth-order valence-electron chi connectivity index (χ4n) is 2.44. The van der Waals surface area contributed by atoms with E-state index in [4.69, 9.17) is 16.0 Å². The van der Waals surface area contributed by atoms with Gasteiger partial charge < -0.3 is 9.73 Å². The summed E-state index contributed by atoms with van der Waals surface area (Å²) in [5, 5.41) is 2.99. The SMILES string of the molecule is Cc1c(Cl)cccc1NC(=O)c1cc(S(=O)(=O)NCc2ccco2)ccc1F. The molecule has 0 bridgehead atoms. The molecule has 2 aromatic carbocycles. The summed E-state index contributed by atoms with van der Waals surface area (Å²) in [6.07, 6.45) is 1.42. The van der Waals surface area contributed by atoms with Crippen LogP contribution in [0, 0.1) is 12.7 Å². The first-order chi connectivity index (χ1) is 13.3. The van der Waals surface area contributed by atoms with Crippen molar-refractivity contribution in [3.8, 4) is 0 Å². The molecular weight excluding hydrogens is 407 g/mol. The predicted octanol–water partition coefficient (Wildman–Crippen LogP) is 4.11. The fraction of sp³-hybridized carbons (Fsp3) is 0.105. The number of hydrogen-bond acceptors (Lipinski definition) is 4. The number of hydrogen-bond donors (Lipinski definition) is 2. The molecule has 0 saturated heterocycles. The molecule has 6 nitrogen and oxygen atoms in total. The molecule has 0 spiro atoms. The first-order valence-electron chi connectivity index (χ1n) is 8.16. The number of furan rings is 1. The van der Waals surface area contributed by atoms with Crippen molar-refractivity contribution in [1.82, 2.24) is 4.72 Å². The van der Waals surface area contributed by atoms with Crippen LogP contribution >= 0.6 is 11.6 Å². The van der Waals surface area contributed by atoms with E-state index in [-0.39, 0.29) is 11.4 Å². The molecule has 1 aromatic heterocycles. The van der Waals surface area contributed by atoms with E-state index in [9.17, 15) is 17.6 Å². The number of benzene rings is 2. The van der Waals surface area contributed by atoms with Crippen LogP contribution in [0.25, 0.3) is 0 Å². The molecule has 9 heteroatoms. The molecule has 0 aliphatic rings. The Labute approximate surface area is 166 Å².